The molecule has 2 aromatic rings. The predicted molar refractivity (Wildman–Crippen MR) is 77.2 cm³/mol. The van der Waals surface area contributed by atoms with E-state index in [1.165, 1.54) is 10.9 Å². The highest BCUT2D eigenvalue weighted by Gasteiger charge is 2.05. The third-order valence-electron chi connectivity index (χ3n) is 2.59. The smallest absolute Gasteiger partial charge is 0.161 e. The van der Waals surface area contributed by atoms with Crippen molar-refractivity contribution in [2.45, 2.75) is 13.0 Å². The fourth-order valence-corrected chi connectivity index (χ4v) is 3.12. The van der Waals surface area contributed by atoms with Crippen molar-refractivity contribution in [3.05, 3.63) is 44.6 Å². The van der Waals surface area contributed by atoms with E-state index in [9.17, 15) is 10.2 Å². The van der Waals surface area contributed by atoms with Gasteiger partial charge in [0.2, 0.25) is 0 Å². The van der Waals surface area contributed by atoms with Crippen LogP contribution in [0.2, 0.25) is 0 Å². The van der Waals surface area contributed by atoms with Gasteiger partial charge < -0.3 is 15.5 Å². The highest BCUT2D eigenvalue weighted by atomic mass is 79.9. The van der Waals surface area contributed by atoms with Crippen LogP contribution in [0.3, 0.4) is 0 Å². The van der Waals surface area contributed by atoms with Crippen LogP contribution >= 0.6 is 27.3 Å². The fourth-order valence-electron chi connectivity index (χ4n) is 1.64. The van der Waals surface area contributed by atoms with Crippen molar-refractivity contribution in [1.29, 1.82) is 0 Å². The van der Waals surface area contributed by atoms with Gasteiger partial charge in [0.1, 0.15) is 0 Å². The maximum absolute atomic E-state index is 9.62. The minimum absolute atomic E-state index is 0.0381. The Morgan fingerprint density at radius 1 is 1.17 bits per heavy atom. The lowest BCUT2D eigenvalue weighted by atomic mass is 10.2. The van der Waals surface area contributed by atoms with Crippen molar-refractivity contribution < 1.29 is 10.2 Å². The number of thiophene rings is 1. The molecule has 0 aliphatic carbocycles. The zero-order valence-corrected chi connectivity index (χ0v) is 12.1. The van der Waals surface area contributed by atoms with Crippen LogP contribution in [0, 0.1) is 0 Å². The van der Waals surface area contributed by atoms with Gasteiger partial charge in [0, 0.05) is 23.5 Å². The Bertz CT molecular complexity index is 527. The molecule has 18 heavy (non-hydrogen) atoms. The third-order valence-corrected chi connectivity index (χ3v) is 4.27. The van der Waals surface area contributed by atoms with Crippen LogP contribution < -0.4 is 5.32 Å². The lowest BCUT2D eigenvalue weighted by Crippen LogP contribution is -2.16. The Kier molecular flexibility index (Phi) is 4.63. The summed E-state index contributed by atoms with van der Waals surface area (Å²) >= 11 is 5.16. The summed E-state index contributed by atoms with van der Waals surface area (Å²) in [5.41, 5.74) is 0.711. The van der Waals surface area contributed by atoms with E-state index >= 15 is 0 Å². The van der Waals surface area contributed by atoms with Crippen LogP contribution in [0.4, 0.5) is 0 Å². The molecule has 1 aromatic heterocycles. The SMILES string of the molecule is Oc1cccc(CNCCc2ccc(Br)s2)c1O. The molecule has 0 aliphatic rings. The zero-order chi connectivity index (χ0) is 13.0. The van der Waals surface area contributed by atoms with E-state index in [4.69, 9.17) is 0 Å². The Morgan fingerprint density at radius 3 is 2.72 bits per heavy atom. The molecule has 1 aromatic carbocycles. The predicted octanol–water partition coefficient (Wildman–Crippen LogP) is 3.25. The molecule has 0 atom stereocenters. The number of para-hydroxylation sites is 1. The highest BCUT2D eigenvalue weighted by Crippen LogP contribution is 2.28. The Hall–Kier alpha value is -1.04. The van der Waals surface area contributed by atoms with E-state index in [-0.39, 0.29) is 11.5 Å². The molecular formula is C13H14BrNO2S. The van der Waals surface area contributed by atoms with Crippen LogP contribution in [-0.2, 0) is 13.0 Å². The summed E-state index contributed by atoms with van der Waals surface area (Å²) in [7, 11) is 0. The third kappa shape index (κ3) is 3.48. The summed E-state index contributed by atoms with van der Waals surface area (Å²) in [6.45, 7) is 1.38. The van der Waals surface area contributed by atoms with Crippen molar-refractivity contribution in [3.8, 4) is 11.5 Å². The summed E-state index contributed by atoms with van der Waals surface area (Å²) in [6, 6.07) is 9.14. The second-order valence-electron chi connectivity index (χ2n) is 3.92. The molecule has 0 saturated heterocycles. The molecule has 0 spiro atoms. The van der Waals surface area contributed by atoms with Gasteiger partial charge in [-0.05, 0) is 40.5 Å². The lowest BCUT2D eigenvalue weighted by Gasteiger charge is -2.07. The van der Waals surface area contributed by atoms with Gasteiger partial charge in [0.25, 0.3) is 0 Å². The molecule has 0 radical (unpaired) electrons. The number of hydrogen-bond acceptors (Lipinski definition) is 4. The molecule has 96 valence electrons. The molecule has 1 heterocycles. The standard InChI is InChI=1S/C13H14BrNO2S/c14-12-5-4-10(18-12)6-7-15-8-9-2-1-3-11(16)13(9)17/h1-5,15-17H,6-8H2. The molecule has 0 amide bonds. The molecule has 3 nitrogen and oxygen atoms in total. The summed E-state index contributed by atoms with van der Waals surface area (Å²) < 4.78 is 1.14. The number of phenols is 2. The second kappa shape index (κ2) is 6.22. The van der Waals surface area contributed by atoms with Crippen LogP contribution in [0.5, 0.6) is 11.5 Å². The minimum Gasteiger partial charge on any atom is -0.504 e. The topological polar surface area (TPSA) is 52.5 Å². The molecule has 3 N–H and O–H groups in total. The van der Waals surface area contributed by atoms with E-state index in [0.29, 0.717) is 12.1 Å². The molecule has 2 rings (SSSR count). The van der Waals surface area contributed by atoms with E-state index in [1.807, 2.05) is 6.07 Å². The average molecular weight is 328 g/mol. The minimum atomic E-state index is -0.0727. The van der Waals surface area contributed by atoms with Gasteiger partial charge in [-0.2, -0.15) is 0 Å². The summed E-state index contributed by atoms with van der Waals surface area (Å²) in [4.78, 5) is 1.31. The Morgan fingerprint density at radius 2 is 2.00 bits per heavy atom. The zero-order valence-electron chi connectivity index (χ0n) is 9.69. The molecular weight excluding hydrogens is 314 g/mol. The lowest BCUT2D eigenvalue weighted by molar-refractivity contribution is 0.398. The number of benzene rings is 1. The van der Waals surface area contributed by atoms with Gasteiger partial charge >= 0.3 is 0 Å². The van der Waals surface area contributed by atoms with Gasteiger partial charge in [-0.25, -0.2) is 0 Å². The number of rotatable bonds is 5. The molecule has 0 saturated carbocycles. The Balaban J connectivity index is 1.80. The van der Waals surface area contributed by atoms with Crippen molar-refractivity contribution in [2.24, 2.45) is 0 Å². The maximum Gasteiger partial charge on any atom is 0.161 e. The van der Waals surface area contributed by atoms with Crippen molar-refractivity contribution in [1.82, 2.24) is 5.32 Å². The first-order chi connectivity index (χ1) is 8.66. The molecule has 0 aliphatic heterocycles. The molecule has 5 heteroatoms. The summed E-state index contributed by atoms with van der Waals surface area (Å²) in [5.74, 6) is -0.111. The molecule has 0 fully saturated rings. The normalized spacial score (nSPS) is 10.7. The number of halogens is 1. The van der Waals surface area contributed by atoms with E-state index in [2.05, 4.69) is 27.3 Å². The number of hydrogen-bond donors (Lipinski definition) is 3. The highest BCUT2D eigenvalue weighted by molar-refractivity contribution is 9.11. The van der Waals surface area contributed by atoms with Crippen LogP contribution in [0.25, 0.3) is 0 Å². The van der Waals surface area contributed by atoms with Crippen molar-refractivity contribution in [2.75, 3.05) is 6.54 Å². The maximum atomic E-state index is 9.62. The van der Waals surface area contributed by atoms with Gasteiger partial charge in [-0.3, -0.25) is 0 Å². The number of nitrogens with one attached hydrogen (secondary N) is 1. The van der Waals surface area contributed by atoms with E-state index in [0.717, 1.165) is 16.8 Å². The first-order valence-electron chi connectivity index (χ1n) is 5.61. The summed E-state index contributed by atoms with van der Waals surface area (Å²) in [5, 5.41) is 22.2. The summed E-state index contributed by atoms with van der Waals surface area (Å²) in [6.07, 6.45) is 0.954. The van der Waals surface area contributed by atoms with Gasteiger partial charge in [-0.15, -0.1) is 11.3 Å². The molecule has 0 unspecified atom stereocenters. The van der Waals surface area contributed by atoms with E-state index in [1.54, 1.807) is 23.5 Å². The first-order valence-corrected chi connectivity index (χ1v) is 7.22. The van der Waals surface area contributed by atoms with E-state index < -0.39 is 0 Å². The van der Waals surface area contributed by atoms with Gasteiger partial charge in [-0.1, -0.05) is 12.1 Å². The number of phenolic OH excluding ortho intramolecular Hbond substituents is 2. The molecule has 0 bridgehead atoms. The monoisotopic (exact) mass is 327 g/mol. The van der Waals surface area contributed by atoms with Crippen molar-refractivity contribution in [3.63, 3.8) is 0 Å². The van der Waals surface area contributed by atoms with Crippen LogP contribution in [0.15, 0.2) is 34.1 Å². The van der Waals surface area contributed by atoms with Gasteiger partial charge in [0.05, 0.1) is 3.79 Å². The second-order valence-corrected chi connectivity index (χ2v) is 6.47. The Labute approximate surface area is 118 Å². The quantitative estimate of drug-likeness (QED) is 0.583. The van der Waals surface area contributed by atoms with Crippen LogP contribution in [-0.4, -0.2) is 16.8 Å². The largest absolute Gasteiger partial charge is 0.504 e. The fraction of sp³-hybridized carbons (Fsp3) is 0.231. The van der Waals surface area contributed by atoms with Crippen molar-refractivity contribution >= 4 is 27.3 Å². The average Bonchev–Trinajstić information content (AvgIpc) is 2.76. The van der Waals surface area contributed by atoms with Crippen LogP contribution in [0.1, 0.15) is 10.4 Å². The number of aromatic hydroxyl groups is 2. The van der Waals surface area contributed by atoms with Gasteiger partial charge in [0.15, 0.2) is 11.5 Å². The first kappa shape index (κ1) is 13.4.